The third-order valence-electron chi connectivity index (χ3n) is 5.07. The Morgan fingerprint density at radius 2 is 1.57 bits per heavy atom. The normalized spacial score (nSPS) is 17.7. The lowest BCUT2D eigenvalue weighted by Gasteiger charge is -2.22. The van der Waals surface area contributed by atoms with E-state index in [0.717, 1.165) is 17.0 Å². The summed E-state index contributed by atoms with van der Waals surface area (Å²) in [6, 6.07) is 10.7. The van der Waals surface area contributed by atoms with Crippen LogP contribution >= 0.6 is 0 Å². The highest BCUT2D eigenvalue weighted by atomic mass is 19.4. The first-order valence-electron chi connectivity index (χ1n) is 10.6. The molecule has 1 atom stereocenters. The molecule has 4 amide bonds. The van der Waals surface area contributed by atoms with Crippen molar-refractivity contribution in [3.05, 3.63) is 54.1 Å². The van der Waals surface area contributed by atoms with Crippen molar-refractivity contribution in [3.8, 4) is 17.2 Å². The molecule has 0 saturated carbocycles. The molecular formula is C23H24F3N3O6. The van der Waals surface area contributed by atoms with Gasteiger partial charge < -0.3 is 24.8 Å². The number of alkyl halides is 3. The SMILES string of the molecule is CCOc1ccc(OCCNC(=O)CN2C(=O)NC(C)(c3ccc(OC(F)(F)F)cc3)C2=O)cc1. The average molecular weight is 495 g/mol. The Morgan fingerprint density at radius 3 is 2.14 bits per heavy atom. The van der Waals surface area contributed by atoms with Crippen LogP contribution in [0.15, 0.2) is 48.5 Å². The Bertz CT molecular complexity index is 1060. The Balaban J connectivity index is 1.50. The van der Waals surface area contributed by atoms with Crippen molar-refractivity contribution in [3.63, 3.8) is 0 Å². The molecule has 1 saturated heterocycles. The van der Waals surface area contributed by atoms with Crippen LogP contribution in [-0.4, -0.2) is 55.4 Å². The van der Waals surface area contributed by atoms with Gasteiger partial charge in [-0.2, -0.15) is 0 Å². The van der Waals surface area contributed by atoms with Crippen LogP contribution in [0.4, 0.5) is 18.0 Å². The number of nitrogens with one attached hydrogen (secondary N) is 2. The maximum absolute atomic E-state index is 12.9. The zero-order chi connectivity index (χ0) is 25.6. The highest BCUT2D eigenvalue weighted by Crippen LogP contribution is 2.31. The van der Waals surface area contributed by atoms with Crippen LogP contribution in [0, 0.1) is 0 Å². The number of benzene rings is 2. The molecule has 0 aliphatic carbocycles. The summed E-state index contributed by atoms with van der Waals surface area (Å²) < 4.78 is 51.7. The summed E-state index contributed by atoms with van der Waals surface area (Å²) in [6.45, 7) is 3.58. The monoisotopic (exact) mass is 495 g/mol. The maximum Gasteiger partial charge on any atom is 0.573 e. The summed E-state index contributed by atoms with van der Waals surface area (Å²) in [7, 11) is 0. The first-order chi connectivity index (χ1) is 16.5. The molecule has 2 N–H and O–H groups in total. The number of amides is 4. The quantitative estimate of drug-likeness (QED) is 0.388. The van der Waals surface area contributed by atoms with Gasteiger partial charge in [0.25, 0.3) is 5.91 Å². The first-order valence-corrected chi connectivity index (χ1v) is 10.6. The lowest BCUT2D eigenvalue weighted by atomic mass is 9.92. The van der Waals surface area contributed by atoms with E-state index in [1.807, 2.05) is 6.92 Å². The summed E-state index contributed by atoms with van der Waals surface area (Å²) in [5.41, 5.74) is -1.32. The minimum absolute atomic E-state index is 0.133. The number of carbonyl (C=O) groups excluding carboxylic acids is 3. The van der Waals surface area contributed by atoms with E-state index in [2.05, 4.69) is 15.4 Å². The Morgan fingerprint density at radius 1 is 1.00 bits per heavy atom. The number of hydrogen-bond donors (Lipinski definition) is 2. The molecule has 1 heterocycles. The predicted molar refractivity (Wildman–Crippen MR) is 117 cm³/mol. The number of carbonyl (C=O) groups is 3. The second-order valence-electron chi connectivity index (χ2n) is 7.62. The van der Waals surface area contributed by atoms with Gasteiger partial charge in [-0.15, -0.1) is 13.2 Å². The highest BCUT2D eigenvalue weighted by Gasteiger charge is 2.49. The Labute approximate surface area is 199 Å². The standard InChI is InChI=1S/C23H24F3N3O6/c1-3-33-16-8-10-17(11-9-16)34-13-12-27-19(30)14-29-20(31)22(2,28-21(29)32)15-4-6-18(7-5-15)35-23(24,25)26/h4-11H,3,12-14H2,1-2H3,(H,27,30)(H,28,32). The van der Waals surface area contributed by atoms with Crippen molar-refractivity contribution < 1.29 is 41.8 Å². The Hall–Kier alpha value is -3.96. The molecule has 2 aromatic carbocycles. The summed E-state index contributed by atoms with van der Waals surface area (Å²) in [5, 5.41) is 5.04. The van der Waals surface area contributed by atoms with Crippen LogP contribution in [0.5, 0.6) is 17.2 Å². The molecule has 9 nitrogen and oxygen atoms in total. The number of halogens is 3. The van der Waals surface area contributed by atoms with Crippen LogP contribution < -0.4 is 24.8 Å². The fraction of sp³-hybridized carbons (Fsp3) is 0.348. The number of urea groups is 1. The second kappa shape index (κ2) is 10.5. The zero-order valence-corrected chi connectivity index (χ0v) is 19.0. The van der Waals surface area contributed by atoms with E-state index in [9.17, 15) is 27.6 Å². The molecule has 2 aromatic rings. The Kier molecular flexibility index (Phi) is 7.72. The van der Waals surface area contributed by atoms with Gasteiger partial charge in [0.15, 0.2) is 0 Å². The third-order valence-corrected chi connectivity index (χ3v) is 5.07. The van der Waals surface area contributed by atoms with Gasteiger partial charge in [0.1, 0.15) is 35.9 Å². The van der Waals surface area contributed by atoms with Crippen LogP contribution in [-0.2, 0) is 15.1 Å². The van der Waals surface area contributed by atoms with Crippen molar-refractivity contribution >= 4 is 17.8 Å². The van der Waals surface area contributed by atoms with Crippen molar-refractivity contribution in [2.24, 2.45) is 0 Å². The smallest absolute Gasteiger partial charge is 0.494 e. The molecule has 0 radical (unpaired) electrons. The lowest BCUT2D eigenvalue weighted by molar-refractivity contribution is -0.274. The van der Waals surface area contributed by atoms with Crippen molar-refractivity contribution in [2.45, 2.75) is 25.7 Å². The number of ether oxygens (including phenoxy) is 3. The van der Waals surface area contributed by atoms with E-state index in [4.69, 9.17) is 9.47 Å². The summed E-state index contributed by atoms with van der Waals surface area (Å²) in [6.07, 6.45) is -4.85. The lowest BCUT2D eigenvalue weighted by Crippen LogP contribution is -2.43. The van der Waals surface area contributed by atoms with Gasteiger partial charge in [-0.05, 0) is 55.8 Å². The number of nitrogens with zero attached hydrogens (tertiary/aromatic N) is 1. The van der Waals surface area contributed by atoms with Gasteiger partial charge >= 0.3 is 12.4 Å². The average Bonchev–Trinajstić information content (AvgIpc) is 3.01. The van der Waals surface area contributed by atoms with Crippen molar-refractivity contribution in [1.29, 1.82) is 0 Å². The van der Waals surface area contributed by atoms with Crippen LogP contribution in [0.25, 0.3) is 0 Å². The summed E-state index contributed by atoms with van der Waals surface area (Å²) in [5.74, 6) is -0.474. The molecule has 1 aliphatic heterocycles. The number of rotatable bonds is 10. The number of hydrogen-bond acceptors (Lipinski definition) is 6. The van der Waals surface area contributed by atoms with Gasteiger partial charge in [0.2, 0.25) is 5.91 Å². The maximum atomic E-state index is 12.9. The van der Waals surface area contributed by atoms with E-state index in [1.54, 1.807) is 24.3 Å². The van der Waals surface area contributed by atoms with Crippen molar-refractivity contribution in [1.82, 2.24) is 15.5 Å². The minimum Gasteiger partial charge on any atom is -0.494 e. The van der Waals surface area contributed by atoms with Gasteiger partial charge in [-0.3, -0.25) is 14.5 Å². The molecule has 0 spiro atoms. The van der Waals surface area contributed by atoms with Gasteiger partial charge in [-0.1, -0.05) is 12.1 Å². The highest BCUT2D eigenvalue weighted by molar-refractivity contribution is 6.09. The number of imide groups is 1. The predicted octanol–water partition coefficient (Wildman–Crippen LogP) is 2.95. The van der Waals surface area contributed by atoms with Crippen LogP contribution in [0.2, 0.25) is 0 Å². The van der Waals surface area contributed by atoms with Crippen LogP contribution in [0.3, 0.4) is 0 Å². The summed E-state index contributed by atoms with van der Waals surface area (Å²) in [4.78, 5) is 38.3. The molecule has 12 heteroatoms. The topological polar surface area (TPSA) is 106 Å². The molecule has 35 heavy (non-hydrogen) atoms. The van der Waals surface area contributed by atoms with Gasteiger partial charge in [0, 0.05) is 0 Å². The van der Waals surface area contributed by atoms with E-state index < -0.39 is 42.0 Å². The molecule has 1 aliphatic rings. The molecule has 0 aromatic heterocycles. The molecule has 188 valence electrons. The van der Waals surface area contributed by atoms with Crippen LogP contribution in [0.1, 0.15) is 19.4 Å². The van der Waals surface area contributed by atoms with Gasteiger partial charge in [-0.25, -0.2) is 4.79 Å². The molecular weight excluding hydrogens is 471 g/mol. The van der Waals surface area contributed by atoms with Gasteiger partial charge in [0.05, 0.1) is 13.2 Å². The van der Waals surface area contributed by atoms with E-state index >= 15 is 0 Å². The third kappa shape index (κ3) is 6.55. The van der Waals surface area contributed by atoms with E-state index in [0.29, 0.717) is 18.1 Å². The molecule has 1 unspecified atom stereocenters. The first kappa shape index (κ1) is 25.7. The summed E-state index contributed by atoms with van der Waals surface area (Å²) >= 11 is 0. The molecule has 0 bridgehead atoms. The molecule has 1 fully saturated rings. The fourth-order valence-corrected chi connectivity index (χ4v) is 3.38. The second-order valence-corrected chi connectivity index (χ2v) is 7.62. The van der Waals surface area contributed by atoms with E-state index in [-0.39, 0.29) is 18.7 Å². The largest absolute Gasteiger partial charge is 0.573 e. The fourth-order valence-electron chi connectivity index (χ4n) is 3.38. The minimum atomic E-state index is -4.85. The molecule has 3 rings (SSSR count). The van der Waals surface area contributed by atoms with Crippen molar-refractivity contribution in [2.75, 3.05) is 26.3 Å². The zero-order valence-electron chi connectivity index (χ0n) is 19.0. The van der Waals surface area contributed by atoms with E-state index in [1.165, 1.54) is 19.1 Å².